The number of ether oxygens (including phenoxy) is 4. The topological polar surface area (TPSA) is 94.7 Å². The lowest BCUT2D eigenvalue weighted by atomic mass is 10.1. The molecule has 8 nitrogen and oxygen atoms in total. The Morgan fingerprint density at radius 3 is 2.23 bits per heavy atom. The summed E-state index contributed by atoms with van der Waals surface area (Å²) >= 11 is 0. The summed E-state index contributed by atoms with van der Waals surface area (Å²) in [5, 5.41) is 9.88. The van der Waals surface area contributed by atoms with Gasteiger partial charge in [0.05, 0.1) is 33.6 Å². The number of aromatic amines is 1. The normalized spacial score (nSPS) is 10.4. The highest BCUT2D eigenvalue weighted by molar-refractivity contribution is 5.93. The van der Waals surface area contributed by atoms with Crippen molar-refractivity contribution in [2.75, 3.05) is 27.9 Å². The molecule has 0 saturated heterocycles. The predicted octanol–water partition coefficient (Wildman–Crippen LogP) is 3.43. The van der Waals surface area contributed by atoms with Crippen LogP contribution in [-0.4, -0.2) is 44.0 Å². The number of carbonyl (C=O) groups excluding carboxylic acids is 1. The molecule has 1 heterocycles. The Morgan fingerprint density at radius 1 is 1.00 bits per heavy atom. The van der Waals surface area contributed by atoms with E-state index in [1.54, 1.807) is 39.5 Å². The number of H-pyrrole nitrogens is 1. The number of carbonyl (C=O) groups is 1. The molecule has 0 radical (unpaired) electrons. The molecule has 3 rings (SSSR count). The average molecular weight is 411 g/mol. The zero-order valence-electron chi connectivity index (χ0n) is 17.4. The van der Waals surface area contributed by atoms with Gasteiger partial charge in [0.1, 0.15) is 11.4 Å². The number of rotatable bonds is 9. The minimum Gasteiger partial charge on any atom is -0.494 e. The first-order chi connectivity index (χ1) is 14.6. The third-order valence-corrected chi connectivity index (χ3v) is 4.46. The number of methoxy groups -OCH3 is 3. The van der Waals surface area contributed by atoms with Gasteiger partial charge in [-0.3, -0.25) is 9.89 Å². The highest BCUT2D eigenvalue weighted by Gasteiger charge is 2.15. The van der Waals surface area contributed by atoms with Crippen LogP contribution in [0.5, 0.6) is 23.0 Å². The van der Waals surface area contributed by atoms with Gasteiger partial charge in [-0.05, 0) is 55.0 Å². The van der Waals surface area contributed by atoms with Crippen molar-refractivity contribution >= 4 is 5.91 Å². The van der Waals surface area contributed by atoms with Gasteiger partial charge in [0.2, 0.25) is 5.75 Å². The first-order valence-electron chi connectivity index (χ1n) is 9.45. The van der Waals surface area contributed by atoms with Crippen LogP contribution in [0.1, 0.15) is 23.0 Å². The molecular formula is C22H25N3O5. The Labute approximate surface area is 175 Å². The maximum atomic E-state index is 12.5. The maximum Gasteiger partial charge on any atom is 0.269 e. The number of benzene rings is 2. The lowest BCUT2D eigenvalue weighted by Crippen LogP contribution is -2.23. The minimum absolute atomic E-state index is 0.270. The van der Waals surface area contributed by atoms with Gasteiger partial charge in [0, 0.05) is 12.1 Å². The molecular weight excluding hydrogens is 386 g/mol. The molecule has 0 fully saturated rings. The SMILES string of the molecule is CCOc1ccc(-c2cc(C(=O)NCc3cc(OC)c(OC)c(OC)c3)[nH]n2)cc1. The molecule has 3 aromatic rings. The van der Waals surface area contributed by atoms with E-state index in [1.807, 2.05) is 31.2 Å². The van der Waals surface area contributed by atoms with Crippen molar-refractivity contribution in [3.8, 4) is 34.3 Å². The molecule has 0 aliphatic heterocycles. The van der Waals surface area contributed by atoms with Crippen molar-refractivity contribution in [1.82, 2.24) is 15.5 Å². The molecule has 2 aromatic carbocycles. The van der Waals surface area contributed by atoms with E-state index >= 15 is 0 Å². The molecule has 0 unspecified atom stereocenters. The van der Waals surface area contributed by atoms with Crippen LogP contribution in [-0.2, 0) is 6.54 Å². The summed E-state index contributed by atoms with van der Waals surface area (Å²) in [6, 6.07) is 12.8. The summed E-state index contributed by atoms with van der Waals surface area (Å²) in [7, 11) is 4.64. The van der Waals surface area contributed by atoms with E-state index in [9.17, 15) is 4.79 Å². The first kappa shape index (κ1) is 21.0. The van der Waals surface area contributed by atoms with Crippen LogP contribution in [0.15, 0.2) is 42.5 Å². The van der Waals surface area contributed by atoms with Gasteiger partial charge in [-0.25, -0.2) is 0 Å². The van der Waals surface area contributed by atoms with E-state index in [4.69, 9.17) is 18.9 Å². The Balaban J connectivity index is 1.69. The van der Waals surface area contributed by atoms with Crippen molar-refractivity contribution in [1.29, 1.82) is 0 Å². The van der Waals surface area contributed by atoms with Crippen molar-refractivity contribution in [2.45, 2.75) is 13.5 Å². The largest absolute Gasteiger partial charge is 0.494 e. The van der Waals surface area contributed by atoms with Crippen molar-refractivity contribution < 1.29 is 23.7 Å². The van der Waals surface area contributed by atoms with E-state index in [0.29, 0.717) is 35.2 Å². The number of hydrogen-bond donors (Lipinski definition) is 2. The Kier molecular flexibility index (Phi) is 6.79. The molecule has 0 aliphatic rings. The fourth-order valence-corrected chi connectivity index (χ4v) is 2.99. The van der Waals surface area contributed by atoms with Crippen molar-refractivity contribution in [3.05, 3.63) is 53.7 Å². The summed E-state index contributed by atoms with van der Waals surface area (Å²) in [5.74, 6) is 2.08. The number of nitrogens with zero attached hydrogens (tertiary/aromatic N) is 1. The van der Waals surface area contributed by atoms with Crippen LogP contribution in [0.4, 0.5) is 0 Å². The molecule has 0 bridgehead atoms. The Hall–Kier alpha value is -3.68. The predicted molar refractivity (Wildman–Crippen MR) is 112 cm³/mol. The second-order valence-electron chi connectivity index (χ2n) is 6.34. The minimum atomic E-state index is -0.270. The van der Waals surface area contributed by atoms with E-state index in [-0.39, 0.29) is 12.5 Å². The lowest BCUT2D eigenvalue weighted by Gasteiger charge is -2.14. The molecule has 1 amide bonds. The molecule has 1 aromatic heterocycles. The fourth-order valence-electron chi connectivity index (χ4n) is 2.99. The molecule has 0 atom stereocenters. The Morgan fingerprint density at radius 2 is 1.67 bits per heavy atom. The monoisotopic (exact) mass is 411 g/mol. The summed E-state index contributed by atoms with van der Waals surface area (Å²) < 4.78 is 21.4. The zero-order valence-corrected chi connectivity index (χ0v) is 17.4. The van der Waals surface area contributed by atoms with Gasteiger partial charge in [-0.1, -0.05) is 0 Å². The highest BCUT2D eigenvalue weighted by Crippen LogP contribution is 2.38. The van der Waals surface area contributed by atoms with Gasteiger partial charge >= 0.3 is 0 Å². The van der Waals surface area contributed by atoms with Crippen LogP contribution in [0.2, 0.25) is 0 Å². The second-order valence-corrected chi connectivity index (χ2v) is 6.34. The third-order valence-electron chi connectivity index (χ3n) is 4.46. The van der Waals surface area contributed by atoms with E-state index < -0.39 is 0 Å². The van der Waals surface area contributed by atoms with Gasteiger partial charge in [0.25, 0.3) is 5.91 Å². The maximum absolute atomic E-state index is 12.5. The standard InChI is InChI=1S/C22H25N3O5/c1-5-30-16-8-6-15(7-9-16)17-12-18(25-24-17)22(26)23-13-14-10-19(27-2)21(29-4)20(11-14)28-3/h6-12H,5,13H2,1-4H3,(H,23,26)(H,24,25). The van der Waals surface area contributed by atoms with E-state index in [2.05, 4.69) is 15.5 Å². The van der Waals surface area contributed by atoms with Crippen LogP contribution in [0, 0.1) is 0 Å². The van der Waals surface area contributed by atoms with Gasteiger partial charge < -0.3 is 24.3 Å². The number of aromatic nitrogens is 2. The van der Waals surface area contributed by atoms with Crippen LogP contribution in [0.3, 0.4) is 0 Å². The molecule has 0 saturated carbocycles. The number of nitrogens with one attached hydrogen (secondary N) is 2. The first-order valence-corrected chi connectivity index (χ1v) is 9.45. The van der Waals surface area contributed by atoms with Crippen LogP contribution in [0.25, 0.3) is 11.3 Å². The van der Waals surface area contributed by atoms with Crippen LogP contribution >= 0.6 is 0 Å². The highest BCUT2D eigenvalue weighted by atomic mass is 16.5. The molecule has 2 N–H and O–H groups in total. The van der Waals surface area contributed by atoms with Gasteiger partial charge in [0.15, 0.2) is 11.5 Å². The number of amides is 1. The van der Waals surface area contributed by atoms with Gasteiger partial charge in [-0.2, -0.15) is 5.10 Å². The van der Waals surface area contributed by atoms with E-state index in [0.717, 1.165) is 16.9 Å². The second kappa shape index (κ2) is 9.69. The van der Waals surface area contributed by atoms with Crippen LogP contribution < -0.4 is 24.3 Å². The summed E-state index contributed by atoms with van der Waals surface area (Å²) in [6.45, 7) is 2.83. The summed E-state index contributed by atoms with van der Waals surface area (Å²) in [5.41, 5.74) is 2.74. The quantitative estimate of drug-likeness (QED) is 0.560. The number of hydrogen-bond acceptors (Lipinski definition) is 6. The Bertz CT molecular complexity index is 973. The third kappa shape index (κ3) is 4.65. The van der Waals surface area contributed by atoms with E-state index in [1.165, 1.54) is 0 Å². The summed E-state index contributed by atoms with van der Waals surface area (Å²) in [4.78, 5) is 12.5. The molecule has 158 valence electrons. The molecule has 30 heavy (non-hydrogen) atoms. The smallest absolute Gasteiger partial charge is 0.269 e. The fraction of sp³-hybridized carbons (Fsp3) is 0.273. The molecule has 0 spiro atoms. The zero-order chi connectivity index (χ0) is 21.5. The average Bonchev–Trinajstić information content (AvgIpc) is 3.27. The van der Waals surface area contributed by atoms with Gasteiger partial charge in [-0.15, -0.1) is 0 Å². The molecule has 0 aliphatic carbocycles. The summed E-state index contributed by atoms with van der Waals surface area (Å²) in [6.07, 6.45) is 0. The van der Waals surface area contributed by atoms with Crippen molar-refractivity contribution in [2.24, 2.45) is 0 Å². The molecule has 8 heteroatoms. The lowest BCUT2D eigenvalue weighted by molar-refractivity contribution is 0.0946. The van der Waals surface area contributed by atoms with Crippen molar-refractivity contribution in [3.63, 3.8) is 0 Å².